The van der Waals surface area contributed by atoms with E-state index < -0.39 is 6.10 Å². The first-order valence-corrected chi connectivity index (χ1v) is 4.85. The van der Waals surface area contributed by atoms with Crippen LogP contribution >= 0.6 is 0 Å². The molecule has 0 radical (unpaired) electrons. The van der Waals surface area contributed by atoms with Gasteiger partial charge in [0.1, 0.15) is 5.75 Å². The van der Waals surface area contributed by atoms with Crippen LogP contribution in [-0.2, 0) is 4.79 Å². The Morgan fingerprint density at radius 3 is 2.47 bits per heavy atom. The molecule has 15 heavy (non-hydrogen) atoms. The van der Waals surface area contributed by atoms with Gasteiger partial charge >= 0.3 is 0 Å². The zero-order valence-electron chi connectivity index (χ0n) is 8.39. The Kier molecular flexibility index (Phi) is 4.12. The molecule has 0 aromatic heterocycles. The van der Waals surface area contributed by atoms with Crippen LogP contribution in [0, 0.1) is 0 Å². The van der Waals surface area contributed by atoms with Gasteiger partial charge in [-0.05, 0) is 30.5 Å². The van der Waals surface area contributed by atoms with Gasteiger partial charge in [0.25, 0.3) is 0 Å². The van der Waals surface area contributed by atoms with Crippen molar-refractivity contribution in [1.29, 1.82) is 0 Å². The molecule has 0 saturated carbocycles. The molecule has 0 heterocycles. The third-order valence-electron chi connectivity index (χ3n) is 2.18. The summed E-state index contributed by atoms with van der Waals surface area (Å²) < 4.78 is 0. The van der Waals surface area contributed by atoms with Crippen molar-refractivity contribution in [2.24, 2.45) is 5.73 Å². The predicted molar refractivity (Wildman–Crippen MR) is 56.1 cm³/mol. The Balaban J connectivity index is 2.43. The van der Waals surface area contributed by atoms with Crippen LogP contribution in [0.3, 0.4) is 0 Å². The maximum atomic E-state index is 10.5. The van der Waals surface area contributed by atoms with E-state index in [0.717, 1.165) is 5.56 Å². The van der Waals surface area contributed by atoms with E-state index in [0.29, 0.717) is 12.8 Å². The van der Waals surface area contributed by atoms with E-state index in [4.69, 9.17) is 10.8 Å². The Morgan fingerprint density at radius 1 is 1.33 bits per heavy atom. The summed E-state index contributed by atoms with van der Waals surface area (Å²) in [5.74, 6) is -0.184. The Bertz CT molecular complexity index is 321. The lowest BCUT2D eigenvalue weighted by Crippen LogP contribution is -2.10. The SMILES string of the molecule is NC(=O)CCCC(O)c1ccc(O)cc1. The number of aliphatic hydroxyl groups is 1. The number of amides is 1. The topological polar surface area (TPSA) is 83.6 Å². The van der Waals surface area contributed by atoms with Crippen molar-refractivity contribution < 1.29 is 15.0 Å². The van der Waals surface area contributed by atoms with Crippen LogP contribution in [0.15, 0.2) is 24.3 Å². The maximum Gasteiger partial charge on any atom is 0.217 e. The molecule has 82 valence electrons. The molecule has 0 aliphatic heterocycles. The molecule has 1 amide bonds. The van der Waals surface area contributed by atoms with E-state index in [1.54, 1.807) is 12.1 Å². The average molecular weight is 209 g/mol. The normalized spacial score (nSPS) is 12.3. The van der Waals surface area contributed by atoms with Crippen LogP contribution in [0.2, 0.25) is 0 Å². The first-order valence-electron chi connectivity index (χ1n) is 4.85. The quantitative estimate of drug-likeness (QED) is 0.678. The summed E-state index contributed by atoms with van der Waals surface area (Å²) in [4.78, 5) is 10.5. The fourth-order valence-electron chi connectivity index (χ4n) is 1.33. The molecule has 0 saturated heterocycles. The molecule has 4 N–H and O–H groups in total. The van der Waals surface area contributed by atoms with Crippen LogP contribution in [0.5, 0.6) is 5.75 Å². The van der Waals surface area contributed by atoms with Gasteiger partial charge in [0.2, 0.25) is 5.91 Å². The molecular formula is C11H15NO3. The fraction of sp³-hybridized carbons (Fsp3) is 0.364. The van der Waals surface area contributed by atoms with Gasteiger partial charge in [-0.25, -0.2) is 0 Å². The smallest absolute Gasteiger partial charge is 0.217 e. The molecular weight excluding hydrogens is 194 g/mol. The second-order valence-corrected chi connectivity index (χ2v) is 3.47. The Hall–Kier alpha value is -1.55. The zero-order chi connectivity index (χ0) is 11.3. The number of aliphatic hydroxyl groups excluding tert-OH is 1. The first-order chi connectivity index (χ1) is 7.09. The van der Waals surface area contributed by atoms with Gasteiger partial charge in [0.05, 0.1) is 6.10 Å². The summed E-state index contributed by atoms with van der Waals surface area (Å²) >= 11 is 0. The van der Waals surface area contributed by atoms with Gasteiger partial charge in [-0.2, -0.15) is 0 Å². The molecule has 0 aliphatic carbocycles. The molecule has 0 bridgehead atoms. The predicted octanol–water partition coefficient (Wildman–Crippen LogP) is 1.08. The van der Waals surface area contributed by atoms with Crippen molar-refractivity contribution in [2.45, 2.75) is 25.4 Å². The molecule has 0 aliphatic rings. The number of aromatic hydroxyl groups is 1. The van der Waals surface area contributed by atoms with E-state index in [2.05, 4.69) is 0 Å². The first kappa shape index (κ1) is 11.5. The highest BCUT2D eigenvalue weighted by Gasteiger charge is 2.07. The number of rotatable bonds is 5. The number of primary amides is 1. The number of hydrogen-bond acceptors (Lipinski definition) is 3. The summed E-state index contributed by atoms with van der Waals surface area (Å²) in [6, 6.07) is 6.35. The summed E-state index contributed by atoms with van der Waals surface area (Å²) in [5.41, 5.74) is 5.72. The van der Waals surface area contributed by atoms with Crippen LogP contribution in [0.25, 0.3) is 0 Å². The van der Waals surface area contributed by atoms with Crippen molar-refractivity contribution in [3.63, 3.8) is 0 Å². The van der Waals surface area contributed by atoms with Crippen LogP contribution in [0.4, 0.5) is 0 Å². The van der Waals surface area contributed by atoms with Crippen molar-refractivity contribution in [1.82, 2.24) is 0 Å². The summed E-state index contributed by atoms with van der Waals surface area (Å²) in [7, 11) is 0. The number of benzene rings is 1. The van der Waals surface area contributed by atoms with Gasteiger partial charge in [0.15, 0.2) is 0 Å². The number of hydrogen-bond donors (Lipinski definition) is 3. The lowest BCUT2D eigenvalue weighted by Gasteiger charge is -2.09. The zero-order valence-corrected chi connectivity index (χ0v) is 8.39. The van der Waals surface area contributed by atoms with Crippen LogP contribution < -0.4 is 5.73 Å². The van der Waals surface area contributed by atoms with Crippen molar-refractivity contribution in [3.05, 3.63) is 29.8 Å². The van der Waals surface area contributed by atoms with Gasteiger partial charge in [0, 0.05) is 6.42 Å². The van der Waals surface area contributed by atoms with Crippen molar-refractivity contribution in [2.75, 3.05) is 0 Å². The standard InChI is InChI=1S/C11H15NO3/c12-11(15)3-1-2-10(14)8-4-6-9(13)7-5-8/h4-7,10,13-14H,1-3H2,(H2,12,15). The number of carbonyl (C=O) groups is 1. The monoisotopic (exact) mass is 209 g/mol. The van der Waals surface area contributed by atoms with E-state index in [9.17, 15) is 9.90 Å². The highest BCUT2D eigenvalue weighted by molar-refractivity contribution is 5.73. The summed E-state index contributed by atoms with van der Waals surface area (Å²) in [5, 5.41) is 18.7. The highest BCUT2D eigenvalue weighted by atomic mass is 16.3. The largest absolute Gasteiger partial charge is 0.508 e. The molecule has 4 nitrogen and oxygen atoms in total. The average Bonchev–Trinajstić information content (AvgIpc) is 2.18. The van der Waals surface area contributed by atoms with Crippen LogP contribution in [-0.4, -0.2) is 16.1 Å². The summed E-state index contributed by atoms with van der Waals surface area (Å²) in [6.07, 6.45) is 0.741. The third-order valence-corrected chi connectivity index (χ3v) is 2.18. The molecule has 0 fully saturated rings. The maximum absolute atomic E-state index is 10.5. The van der Waals surface area contributed by atoms with E-state index in [-0.39, 0.29) is 18.1 Å². The molecule has 4 heteroatoms. The molecule has 0 spiro atoms. The molecule has 1 aromatic rings. The lowest BCUT2D eigenvalue weighted by atomic mass is 10.0. The number of nitrogens with two attached hydrogens (primary N) is 1. The molecule has 1 atom stereocenters. The van der Waals surface area contributed by atoms with Gasteiger partial charge < -0.3 is 15.9 Å². The molecule has 1 rings (SSSR count). The van der Waals surface area contributed by atoms with Gasteiger partial charge in [-0.15, -0.1) is 0 Å². The fourth-order valence-corrected chi connectivity index (χ4v) is 1.33. The minimum Gasteiger partial charge on any atom is -0.508 e. The second kappa shape index (κ2) is 5.36. The molecule has 1 unspecified atom stereocenters. The van der Waals surface area contributed by atoms with E-state index in [1.165, 1.54) is 12.1 Å². The number of carbonyl (C=O) groups excluding carboxylic acids is 1. The highest BCUT2D eigenvalue weighted by Crippen LogP contribution is 2.21. The third kappa shape index (κ3) is 3.99. The van der Waals surface area contributed by atoms with Crippen LogP contribution in [0.1, 0.15) is 30.9 Å². The van der Waals surface area contributed by atoms with Crippen molar-refractivity contribution >= 4 is 5.91 Å². The second-order valence-electron chi connectivity index (χ2n) is 3.47. The number of phenolic OH excluding ortho intramolecular Hbond substituents is 1. The summed E-state index contributed by atoms with van der Waals surface area (Å²) in [6.45, 7) is 0. The lowest BCUT2D eigenvalue weighted by molar-refractivity contribution is -0.118. The minimum atomic E-state index is -0.607. The minimum absolute atomic E-state index is 0.170. The Morgan fingerprint density at radius 2 is 1.93 bits per heavy atom. The van der Waals surface area contributed by atoms with Gasteiger partial charge in [-0.3, -0.25) is 4.79 Å². The Labute approximate surface area is 88.3 Å². The van der Waals surface area contributed by atoms with E-state index >= 15 is 0 Å². The van der Waals surface area contributed by atoms with E-state index in [1.807, 2.05) is 0 Å². The van der Waals surface area contributed by atoms with Gasteiger partial charge in [-0.1, -0.05) is 12.1 Å². The van der Waals surface area contributed by atoms with Crippen molar-refractivity contribution in [3.8, 4) is 5.75 Å². The molecule has 1 aromatic carbocycles. The number of phenols is 1.